The Labute approximate surface area is 195 Å². The lowest BCUT2D eigenvalue weighted by molar-refractivity contribution is -0.896. The number of benzene rings is 2. The Morgan fingerprint density at radius 1 is 0.906 bits per heavy atom. The van der Waals surface area contributed by atoms with Gasteiger partial charge in [0.15, 0.2) is 6.54 Å². The Kier molecular flexibility index (Phi) is 11.3. The van der Waals surface area contributed by atoms with Crippen LogP contribution in [0.4, 0.5) is 0 Å². The van der Waals surface area contributed by atoms with Crippen LogP contribution in [0, 0.1) is 0 Å². The first-order valence-electron chi connectivity index (χ1n) is 12.1. The molecule has 2 rings (SSSR count). The van der Waals surface area contributed by atoms with E-state index in [0.717, 1.165) is 18.7 Å². The van der Waals surface area contributed by atoms with Gasteiger partial charge in [-0.2, -0.15) is 0 Å². The van der Waals surface area contributed by atoms with Crippen molar-refractivity contribution in [2.75, 3.05) is 27.2 Å². The first-order chi connectivity index (χ1) is 15.4. The standard InChI is InChI=1S/C28H42NO3/c1-5-6-7-8-9-11-15-25-18-14-19-27(20-25)32-24(2)23-31-28(30)22-29(3,4)21-26-16-12-10-13-17-26/h10,12-14,16-20,24H,5-9,11,15,21-23H2,1-4H3/q+1. The number of rotatable bonds is 15. The van der Waals surface area contributed by atoms with Gasteiger partial charge in [-0.25, -0.2) is 4.79 Å². The van der Waals surface area contributed by atoms with Gasteiger partial charge in [-0.3, -0.25) is 0 Å². The van der Waals surface area contributed by atoms with Crippen LogP contribution in [-0.2, 0) is 22.5 Å². The summed E-state index contributed by atoms with van der Waals surface area (Å²) in [5.74, 6) is 0.649. The molecule has 0 aliphatic rings. The minimum absolute atomic E-state index is 0.187. The number of likely N-dealkylation sites (N-methyl/N-ethyl adjacent to an activating group) is 1. The average Bonchev–Trinajstić information content (AvgIpc) is 2.75. The maximum absolute atomic E-state index is 12.4. The molecule has 32 heavy (non-hydrogen) atoms. The largest absolute Gasteiger partial charge is 0.487 e. The number of quaternary nitrogens is 1. The van der Waals surface area contributed by atoms with E-state index in [4.69, 9.17) is 9.47 Å². The number of esters is 1. The Hall–Kier alpha value is -2.33. The highest BCUT2D eigenvalue weighted by molar-refractivity contribution is 5.70. The van der Waals surface area contributed by atoms with Gasteiger partial charge in [0.25, 0.3) is 0 Å². The van der Waals surface area contributed by atoms with Crippen LogP contribution in [0.3, 0.4) is 0 Å². The van der Waals surface area contributed by atoms with Crippen LogP contribution in [0.2, 0.25) is 0 Å². The lowest BCUT2D eigenvalue weighted by atomic mass is 10.0. The monoisotopic (exact) mass is 440 g/mol. The third-order valence-electron chi connectivity index (χ3n) is 5.54. The van der Waals surface area contributed by atoms with E-state index in [9.17, 15) is 4.79 Å². The summed E-state index contributed by atoms with van der Waals surface area (Å²) >= 11 is 0. The summed E-state index contributed by atoms with van der Waals surface area (Å²) in [4.78, 5) is 12.4. The molecule has 1 atom stereocenters. The molecule has 0 aliphatic carbocycles. The molecule has 0 radical (unpaired) electrons. The molecule has 0 spiro atoms. The fourth-order valence-corrected chi connectivity index (χ4v) is 3.89. The van der Waals surface area contributed by atoms with E-state index >= 15 is 0 Å². The van der Waals surface area contributed by atoms with E-state index in [1.807, 2.05) is 51.4 Å². The van der Waals surface area contributed by atoms with E-state index < -0.39 is 0 Å². The highest BCUT2D eigenvalue weighted by Gasteiger charge is 2.22. The molecular weight excluding hydrogens is 398 g/mol. The van der Waals surface area contributed by atoms with Crippen molar-refractivity contribution in [1.29, 1.82) is 0 Å². The minimum Gasteiger partial charge on any atom is -0.487 e. The summed E-state index contributed by atoms with van der Waals surface area (Å²) < 4.78 is 12.1. The zero-order valence-corrected chi connectivity index (χ0v) is 20.5. The normalized spacial score (nSPS) is 12.4. The number of nitrogens with zero attached hydrogens (tertiary/aromatic N) is 1. The smallest absolute Gasteiger partial charge is 0.361 e. The molecule has 0 aliphatic heterocycles. The fourth-order valence-electron chi connectivity index (χ4n) is 3.89. The van der Waals surface area contributed by atoms with Gasteiger partial charge in [-0.05, 0) is 37.5 Å². The van der Waals surface area contributed by atoms with E-state index in [2.05, 4.69) is 31.2 Å². The van der Waals surface area contributed by atoms with Crippen molar-refractivity contribution in [3.63, 3.8) is 0 Å². The third kappa shape index (κ3) is 10.8. The van der Waals surface area contributed by atoms with Crippen molar-refractivity contribution >= 4 is 5.97 Å². The molecule has 2 aromatic rings. The van der Waals surface area contributed by atoms with E-state index in [-0.39, 0.29) is 18.7 Å². The van der Waals surface area contributed by atoms with Crippen LogP contribution in [0.25, 0.3) is 0 Å². The van der Waals surface area contributed by atoms with Crippen LogP contribution < -0.4 is 4.74 Å². The van der Waals surface area contributed by atoms with Gasteiger partial charge in [0.1, 0.15) is 25.0 Å². The lowest BCUT2D eigenvalue weighted by Crippen LogP contribution is -2.44. The van der Waals surface area contributed by atoms with Crippen molar-refractivity contribution in [3.05, 3.63) is 65.7 Å². The van der Waals surface area contributed by atoms with Crippen molar-refractivity contribution in [3.8, 4) is 5.75 Å². The van der Waals surface area contributed by atoms with Gasteiger partial charge in [0.2, 0.25) is 0 Å². The second-order valence-corrected chi connectivity index (χ2v) is 9.51. The molecule has 1 unspecified atom stereocenters. The topological polar surface area (TPSA) is 35.5 Å². The quantitative estimate of drug-likeness (QED) is 0.189. The van der Waals surface area contributed by atoms with Gasteiger partial charge in [-0.1, -0.05) is 81.5 Å². The van der Waals surface area contributed by atoms with Crippen molar-refractivity contribution in [2.45, 2.75) is 71.4 Å². The maximum Gasteiger partial charge on any atom is 0.361 e. The fraction of sp³-hybridized carbons (Fsp3) is 0.536. The molecule has 0 fully saturated rings. The molecule has 0 N–H and O–H groups in total. The second kappa shape index (κ2) is 13.9. The first kappa shape index (κ1) is 25.9. The van der Waals surface area contributed by atoms with Crippen LogP contribution >= 0.6 is 0 Å². The number of unbranched alkanes of at least 4 members (excludes halogenated alkanes) is 5. The third-order valence-corrected chi connectivity index (χ3v) is 5.54. The van der Waals surface area contributed by atoms with Gasteiger partial charge in [0, 0.05) is 5.56 Å². The van der Waals surface area contributed by atoms with Gasteiger partial charge in [-0.15, -0.1) is 0 Å². The van der Waals surface area contributed by atoms with Gasteiger partial charge in [0.05, 0.1) is 14.1 Å². The molecule has 0 saturated carbocycles. The van der Waals surface area contributed by atoms with Gasteiger partial charge >= 0.3 is 5.97 Å². The van der Waals surface area contributed by atoms with Crippen LogP contribution in [0.5, 0.6) is 5.75 Å². The summed E-state index contributed by atoms with van der Waals surface area (Å²) in [6.45, 7) is 5.56. The summed E-state index contributed by atoms with van der Waals surface area (Å²) in [6.07, 6.45) is 8.71. The molecule has 0 saturated heterocycles. The van der Waals surface area contributed by atoms with E-state index in [0.29, 0.717) is 11.0 Å². The summed E-state index contributed by atoms with van der Waals surface area (Å²) in [5.41, 5.74) is 2.52. The van der Waals surface area contributed by atoms with Crippen LogP contribution in [0.15, 0.2) is 54.6 Å². The SMILES string of the molecule is CCCCCCCCc1cccc(OC(C)COC(=O)C[N+](C)(C)Cc2ccccc2)c1. The Bertz CT molecular complexity index is 788. The molecule has 2 aromatic carbocycles. The summed E-state index contributed by atoms with van der Waals surface area (Å²) in [5, 5.41) is 0. The molecule has 0 aromatic heterocycles. The molecule has 4 heteroatoms. The minimum atomic E-state index is -0.196. The maximum atomic E-state index is 12.4. The number of hydrogen-bond donors (Lipinski definition) is 0. The molecule has 0 heterocycles. The lowest BCUT2D eigenvalue weighted by Gasteiger charge is -2.28. The zero-order valence-electron chi connectivity index (χ0n) is 20.5. The van der Waals surface area contributed by atoms with E-state index in [1.165, 1.54) is 49.7 Å². The van der Waals surface area contributed by atoms with Crippen LogP contribution in [-0.4, -0.2) is 43.8 Å². The van der Waals surface area contributed by atoms with Crippen molar-refractivity contribution in [1.82, 2.24) is 0 Å². The first-order valence-corrected chi connectivity index (χ1v) is 12.1. The molecular formula is C28H42NO3+. The van der Waals surface area contributed by atoms with Crippen molar-refractivity contribution < 1.29 is 18.8 Å². The average molecular weight is 441 g/mol. The molecule has 0 amide bonds. The van der Waals surface area contributed by atoms with Gasteiger partial charge < -0.3 is 14.0 Å². The van der Waals surface area contributed by atoms with Crippen molar-refractivity contribution in [2.24, 2.45) is 0 Å². The Balaban J connectivity index is 1.70. The Morgan fingerprint density at radius 2 is 1.59 bits per heavy atom. The molecule has 0 bridgehead atoms. The number of ether oxygens (including phenoxy) is 2. The molecule has 176 valence electrons. The highest BCUT2D eigenvalue weighted by Crippen LogP contribution is 2.18. The Morgan fingerprint density at radius 3 is 2.34 bits per heavy atom. The summed E-state index contributed by atoms with van der Waals surface area (Å²) in [7, 11) is 4.09. The zero-order chi connectivity index (χ0) is 23.2. The highest BCUT2D eigenvalue weighted by atomic mass is 16.6. The number of carbonyl (C=O) groups excluding carboxylic acids is 1. The molecule has 4 nitrogen and oxygen atoms in total. The van der Waals surface area contributed by atoms with Crippen LogP contribution in [0.1, 0.15) is 63.5 Å². The van der Waals surface area contributed by atoms with E-state index in [1.54, 1.807) is 0 Å². The summed E-state index contributed by atoms with van der Waals surface area (Å²) in [6, 6.07) is 18.5. The number of hydrogen-bond acceptors (Lipinski definition) is 3. The predicted molar refractivity (Wildman–Crippen MR) is 132 cm³/mol. The number of aryl methyl sites for hydroxylation is 1. The predicted octanol–water partition coefficient (Wildman–Crippen LogP) is 6.18. The second-order valence-electron chi connectivity index (χ2n) is 9.51. The number of carbonyl (C=O) groups is 1.